The van der Waals surface area contributed by atoms with Crippen molar-refractivity contribution < 1.29 is 17.0 Å². The summed E-state index contributed by atoms with van der Waals surface area (Å²) in [5.41, 5.74) is 4.62. The molecule has 0 amide bonds. The van der Waals surface area contributed by atoms with Gasteiger partial charge >= 0.3 is 0 Å². The highest BCUT2D eigenvalue weighted by molar-refractivity contribution is 5.17. The summed E-state index contributed by atoms with van der Waals surface area (Å²) in [6.45, 7) is 9.61. The van der Waals surface area contributed by atoms with Gasteiger partial charge in [-0.15, -0.1) is 6.58 Å². The maximum absolute atomic E-state index is 3.85. The average molecular weight is 308 g/mol. The Morgan fingerprint density at radius 1 is 1.24 bits per heavy atom. The lowest BCUT2D eigenvalue weighted by atomic mass is 10.0. The third-order valence-corrected chi connectivity index (χ3v) is 4.69. The maximum Gasteiger partial charge on any atom is 0.184 e. The number of aromatic nitrogens is 1. The van der Waals surface area contributed by atoms with E-state index in [0.29, 0.717) is 5.92 Å². The molecule has 2 rings (SSSR count). The Balaban J connectivity index is 0.00000220. The van der Waals surface area contributed by atoms with Crippen LogP contribution in [0.2, 0.25) is 0 Å². The quantitative estimate of drug-likeness (QED) is 0.390. The van der Waals surface area contributed by atoms with Crippen LogP contribution in [0.1, 0.15) is 62.4 Å². The molecule has 0 N–H and O–H groups in total. The Hall–Kier alpha value is -0.820. The van der Waals surface area contributed by atoms with E-state index in [4.69, 9.17) is 0 Å². The van der Waals surface area contributed by atoms with Crippen molar-refractivity contribution in [1.29, 1.82) is 0 Å². The molecule has 2 heteroatoms. The monoisotopic (exact) mass is 307 g/mol. The molecule has 0 saturated carbocycles. The molecule has 0 saturated heterocycles. The highest BCUT2D eigenvalue weighted by atomic mass is 35.5. The second kappa shape index (κ2) is 9.25. The summed E-state index contributed by atoms with van der Waals surface area (Å²) in [7, 11) is 0. The van der Waals surface area contributed by atoms with Crippen LogP contribution in [0.4, 0.5) is 0 Å². The summed E-state index contributed by atoms with van der Waals surface area (Å²) >= 11 is 0. The Labute approximate surface area is 136 Å². The number of unbranched alkanes of at least 4 members (excludes halogenated alkanes) is 3. The molecular weight excluding hydrogens is 278 g/mol. The molecule has 0 aliphatic carbocycles. The van der Waals surface area contributed by atoms with E-state index in [1.165, 1.54) is 63.5 Å². The van der Waals surface area contributed by atoms with Crippen molar-refractivity contribution in [2.75, 3.05) is 0 Å². The predicted molar refractivity (Wildman–Crippen MR) is 85.8 cm³/mol. The number of fused-ring (bicyclic) bond motifs is 1. The van der Waals surface area contributed by atoms with Crippen molar-refractivity contribution in [3.8, 4) is 0 Å². The van der Waals surface area contributed by atoms with Crippen molar-refractivity contribution in [1.82, 2.24) is 0 Å². The summed E-state index contributed by atoms with van der Waals surface area (Å²) in [4.78, 5) is 0. The fraction of sp³-hybridized carbons (Fsp3) is 0.632. The summed E-state index contributed by atoms with van der Waals surface area (Å²) in [6, 6.07) is 4.67. The number of allylic oxidation sites excluding steroid dienone is 1. The Kier molecular flexibility index (Phi) is 8.03. The maximum atomic E-state index is 3.85. The normalized spacial score (nSPS) is 14.4. The summed E-state index contributed by atoms with van der Waals surface area (Å²) < 4.78 is 2.58. The minimum absolute atomic E-state index is 0. The molecule has 0 fully saturated rings. The van der Waals surface area contributed by atoms with E-state index in [0.717, 1.165) is 0 Å². The molecule has 1 aliphatic rings. The van der Waals surface area contributed by atoms with E-state index >= 15 is 0 Å². The molecule has 2 heterocycles. The zero-order valence-corrected chi connectivity index (χ0v) is 14.5. The zero-order chi connectivity index (χ0) is 14.4. The van der Waals surface area contributed by atoms with E-state index in [-0.39, 0.29) is 12.4 Å². The number of halogens is 1. The fourth-order valence-corrected chi connectivity index (χ4v) is 3.27. The van der Waals surface area contributed by atoms with Crippen LogP contribution in [0.25, 0.3) is 0 Å². The molecule has 0 aromatic carbocycles. The molecule has 0 bridgehead atoms. The van der Waals surface area contributed by atoms with Gasteiger partial charge in [0.15, 0.2) is 11.4 Å². The van der Waals surface area contributed by atoms with E-state index < -0.39 is 0 Å². The van der Waals surface area contributed by atoms with E-state index in [1.807, 2.05) is 0 Å². The number of hydrogen-bond acceptors (Lipinski definition) is 0. The number of aryl methyl sites for hydroxylation is 2. The molecule has 1 aromatic rings. The third kappa shape index (κ3) is 5.14. The van der Waals surface area contributed by atoms with Crippen LogP contribution < -0.4 is 17.0 Å². The molecule has 1 nitrogen and oxygen atoms in total. The van der Waals surface area contributed by atoms with Gasteiger partial charge in [0.1, 0.15) is 6.54 Å². The van der Waals surface area contributed by atoms with Crippen molar-refractivity contribution in [3.63, 3.8) is 0 Å². The first-order valence-corrected chi connectivity index (χ1v) is 8.36. The lowest BCUT2D eigenvalue weighted by molar-refractivity contribution is -0.698. The number of pyridine rings is 1. The van der Waals surface area contributed by atoms with Gasteiger partial charge in [0.25, 0.3) is 0 Å². The molecular formula is C19H30ClN. The molecule has 1 atom stereocenters. The summed E-state index contributed by atoms with van der Waals surface area (Å²) in [6.07, 6.45) is 12.7. The first kappa shape index (κ1) is 18.2. The second-order valence-electron chi connectivity index (χ2n) is 6.38. The van der Waals surface area contributed by atoms with Gasteiger partial charge in [-0.05, 0) is 31.7 Å². The molecule has 1 aromatic heterocycles. The lowest BCUT2D eigenvalue weighted by Crippen LogP contribution is -3.00. The molecule has 1 unspecified atom stereocenters. The molecule has 0 radical (unpaired) electrons. The van der Waals surface area contributed by atoms with Gasteiger partial charge in [0, 0.05) is 30.9 Å². The summed E-state index contributed by atoms with van der Waals surface area (Å²) in [5, 5.41) is 0. The van der Waals surface area contributed by atoms with E-state index in [2.05, 4.69) is 43.2 Å². The molecule has 0 spiro atoms. The first-order valence-electron chi connectivity index (χ1n) is 8.36. The molecule has 1 aliphatic heterocycles. The van der Waals surface area contributed by atoms with Crippen LogP contribution in [0.5, 0.6) is 0 Å². The number of hydrogen-bond donors (Lipinski definition) is 0. The van der Waals surface area contributed by atoms with E-state index in [9.17, 15) is 0 Å². The second-order valence-corrected chi connectivity index (χ2v) is 6.38. The van der Waals surface area contributed by atoms with Crippen LogP contribution in [0.3, 0.4) is 0 Å². The Morgan fingerprint density at radius 2 is 2.00 bits per heavy atom. The third-order valence-electron chi connectivity index (χ3n) is 4.69. The Morgan fingerprint density at radius 3 is 2.76 bits per heavy atom. The van der Waals surface area contributed by atoms with Gasteiger partial charge in [-0.1, -0.05) is 32.3 Å². The topological polar surface area (TPSA) is 3.88 Å². The summed E-state index contributed by atoms with van der Waals surface area (Å²) in [5.74, 6) is 0.686. The van der Waals surface area contributed by atoms with Gasteiger partial charge in [-0.3, -0.25) is 0 Å². The molecule has 118 valence electrons. The SMILES string of the molecule is C=CC(C)CCCCCCc1ccc(C)c2[n+]1CCC2.[Cl-]. The molecule has 21 heavy (non-hydrogen) atoms. The standard InChI is InChI=1S/C19H30N.ClH/c1-4-16(2)10-7-5-6-8-11-18-14-13-17(3)19-12-9-15-20(18)19;/h4,13-14,16H,1,5-12,15H2,2-3H3;1H/q+1;/p-1. The van der Waals surface area contributed by atoms with Gasteiger partial charge in [0.2, 0.25) is 0 Å². The zero-order valence-electron chi connectivity index (χ0n) is 13.7. The number of nitrogens with zero attached hydrogens (tertiary/aromatic N) is 1. The van der Waals surface area contributed by atoms with Gasteiger partial charge in [0.05, 0.1) is 0 Å². The Bertz CT molecular complexity index is 453. The largest absolute Gasteiger partial charge is 1.00 e. The van der Waals surface area contributed by atoms with Crippen LogP contribution in [0, 0.1) is 12.8 Å². The van der Waals surface area contributed by atoms with E-state index in [1.54, 1.807) is 11.4 Å². The van der Waals surface area contributed by atoms with Crippen LogP contribution in [-0.4, -0.2) is 0 Å². The average Bonchev–Trinajstić information content (AvgIpc) is 2.95. The van der Waals surface area contributed by atoms with Gasteiger partial charge in [-0.2, -0.15) is 4.57 Å². The fourth-order valence-electron chi connectivity index (χ4n) is 3.27. The lowest BCUT2D eigenvalue weighted by Gasteiger charge is -2.06. The highest BCUT2D eigenvalue weighted by Gasteiger charge is 2.24. The predicted octanol–water partition coefficient (Wildman–Crippen LogP) is 1.55. The van der Waals surface area contributed by atoms with Crippen LogP contribution in [0.15, 0.2) is 24.8 Å². The van der Waals surface area contributed by atoms with Crippen molar-refractivity contribution >= 4 is 0 Å². The van der Waals surface area contributed by atoms with Crippen molar-refractivity contribution in [2.45, 2.75) is 71.8 Å². The minimum Gasteiger partial charge on any atom is -1.00 e. The van der Waals surface area contributed by atoms with Gasteiger partial charge in [-0.25, -0.2) is 0 Å². The first-order chi connectivity index (χ1) is 9.72. The minimum atomic E-state index is 0. The van der Waals surface area contributed by atoms with Gasteiger partial charge < -0.3 is 12.4 Å². The highest BCUT2D eigenvalue weighted by Crippen LogP contribution is 2.16. The van der Waals surface area contributed by atoms with Crippen LogP contribution >= 0.6 is 0 Å². The smallest absolute Gasteiger partial charge is 0.184 e. The number of rotatable bonds is 8. The van der Waals surface area contributed by atoms with Crippen molar-refractivity contribution in [3.05, 3.63) is 41.7 Å². The van der Waals surface area contributed by atoms with Crippen LogP contribution in [-0.2, 0) is 19.4 Å². The van der Waals surface area contributed by atoms with Crippen molar-refractivity contribution in [2.24, 2.45) is 5.92 Å².